The normalized spacial score (nSPS) is 13.8. The molecule has 0 fully saturated rings. The smallest absolute Gasteiger partial charge is 0.207 e. The Morgan fingerprint density at radius 1 is 1.33 bits per heavy atom. The SMILES string of the molecule is CSCCC(C)N(C)S(=O)(=O)c1ccc(F)cc1. The molecule has 102 valence electrons. The molecule has 0 spiro atoms. The van der Waals surface area contributed by atoms with Crippen molar-refractivity contribution in [3.05, 3.63) is 30.1 Å². The van der Waals surface area contributed by atoms with Crippen LogP contribution in [0.3, 0.4) is 0 Å². The molecule has 1 unspecified atom stereocenters. The molecule has 0 N–H and O–H groups in total. The van der Waals surface area contributed by atoms with Gasteiger partial charge < -0.3 is 0 Å². The van der Waals surface area contributed by atoms with Gasteiger partial charge in [-0.3, -0.25) is 0 Å². The van der Waals surface area contributed by atoms with Crippen molar-refractivity contribution in [3.8, 4) is 0 Å². The van der Waals surface area contributed by atoms with Crippen LogP contribution in [0.2, 0.25) is 0 Å². The maximum atomic E-state index is 12.8. The van der Waals surface area contributed by atoms with E-state index in [0.717, 1.165) is 24.3 Å². The fraction of sp³-hybridized carbons (Fsp3) is 0.500. The van der Waals surface area contributed by atoms with E-state index in [1.165, 1.54) is 16.4 Å². The predicted molar refractivity (Wildman–Crippen MR) is 73.8 cm³/mol. The second-order valence-electron chi connectivity index (χ2n) is 4.11. The molecule has 0 aliphatic heterocycles. The molecule has 0 saturated carbocycles. The van der Waals surface area contributed by atoms with E-state index in [0.29, 0.717) is 0 Å². The van der Waals surface area contributed by atoms with Gasteiger partial charge in [0.1, 0.15) is 5.82 Å². The topological polar surface area (TPSA) is 37.4 Å². The fourth-order valence-electron chi connectivity index (χ4n) is 1.48. The van der Waals surface area contributed by atoms with E-state index in [2.05, 4.69) is 0 Å². The summed E-state index contributed by atoms with van der Waals surface area (Å²) in [5.41, 5.74) is 0. The second-order valence-corrected chi connectivity index (χ2v) is 7.09. The molecule has 1 atom stereocenters. The minimum absolute atomic E-state index is 0.0764. The van der Waals surface area contributed by atoms with Crippen LogP contribution in [-0.4, -0.2) is 37.8 Å². The third-order valence-electron chi connectivity index (χ3n) is 2.85. The van der Waals surface area contributed by atoms with Crippen LogP contribution in [0.4, 0.5) is 4.39 Å². The van der Waals surface area contributed by atoms with Gasteiger partial charge >= 0.3 is 0 Å². The summed E-state index contributed by atoms with van der Waals surface area (Å²) >= 11 is 1.68. The van der Waals surface area contributed by atoms with Crippen LogP contribution in [0.25, 0.3) is 0 Å². The van der Waals surface area contributed by atoms with Gasteiger partial charge in [-0.2, -0.15) is 16.1 Å². The number of benzene rings is 1. The highest BCUT2D eigenvalue weighted by Gasteiger charge is 2.24. The van der Waals surface area contributed by atoms with E-state index in [1.807, 2.05) is 13.2 Å². The van der Waals surface area contributed by atoms with Crippen molar-refractivity contribution in [2.24, 2.45) is 0 Å². The first kappa shape index (κ1) is 15.5. The van der Waals surface area contributed by atoms with Crippen molar-refractivity contribution >= 4 is 21.8 Å². The summed E-state index contributed by atoms with van der Waals surface area (Å²) in [6, 6.07) is 4.83. The third kappa shape index (κ3) is 3.70. The van der Waals surface area contributed by atoms with Crippen molar-refractivity contribution < 1.29 is 12.8 Å². The molecule has 0 saturated heterocycles. The summed E-state index contributed by atoms with van der Waals surface area (Å²) in [6.07, 6.45) is 2.78. The lowest BCUT2D eigenvalue weighted by Crippen LogP contribution is -2.35. The average Bonchev–Trinajstić information content (AvgIpc) is 2.35. The van der Waals surface area contributed by atoms with Crippen LogP contribution < -0.4 is 0 Å². The van der Waals surface area contributed by atoms with Gasteiger partial charge in [0, 0.05) is 13.1 Å². The minimum atomic E-state index is -3.53. The number of hydrogen-bond donors (Lipinski definition) is 0. The van der Waals surface area contributed by atoms with Crippen molar-refractivity contribution in [1.29, 1.82) is 0 Å². The van der Waals surface area contributed by atoms with Gasteiger partial charge in [-0.1, -0.05) is 0 Å². The Hall–Kier alpha value is -0.590. The van der Waals surface area contributed by atoms with Crippen LogP contribution in [0.1, 0.15) is 13.3 Å². The molecule has 3 nitrogen and oxygen atoms in total. The quantitative estimate of drug-likeness (QED) is 0.808. The van der Waals surface area contributed by atoms with Crippen LogP contribution in [-0.2, 0) is 10.0 Å². The van der Waals surface area contributed by atoms with Gasteiger partial charge in [-0.15, -0.1) is 0 Å². The Bertz CT molecular complexity index is 473. The number of nitrogens with zero attached hydrogens (tertiary/aromatic N) is 1. The summed E-state index contributed by atoms with van der Waals surface area (Å²) < 4.78 is 38.6. The lowest BCUT2D eigenvalue weighted by atomic mass is 10.3. The predicted octanol–water partition coefficient (Wildman–Crippen LogP) is 2.59. The summed E-state index contributed by atoms with van der Waals surface area (Å²) in [6.45, 7) is 1.87. The highest BCUT2D eigenvalue weighted by Crippen LogP contribution is 2.18. The van der Waals surface area contributed by atoms with Gasteiger partial charge in [-0.05, 0) is 49.6 Å². The summed E-state index contributed by atoms with van der Waals surface area (Å²) in [4.78, 5) is 0.127. The molecule has 1 aromatic rings. The highest BCUT2D eigenvalue weighted by molar-refractivity contribution is 7.98. The molecule has 6 heteroatoms. The van der Waals surface area contributed by atoms with Gasteiger partial charge in [0.15, 0.2) is 0 Å². The zero-order valence-corrected chi connectivity index (χ0v) is 12.4. The first-order chi connectivity index (χ1) is 8.39. The van der Waals surface area contributed by atoms with Crippen LogP contribution in [0, 0.1) is 5.82 Å². The fourth-order valence-corrected chi connectivity index (χ4v) is 3.45. The van der Waals surface area contributed by atoms with E-state index in [9.17, 15) is 12.8 Å². The first-order valence-electron chi connectivity index (χ1n) is 5.62. The Labute approximate surface area is 112 Å². The monoisotopic (exact) mass is 291 g/mol. The van der Waals surface area contributed by atoms with E-state index in [4.69, 9.17) is 0 Å². The van der Waals surface area contributed by atoms with Gasteiger partial charge in [-0.25, -0.2) is 12.8 Å². The molecule has 1 aromatic carbocycles. The number of halogens is 1. The number of sulfonamides is 1. The molecule has 0 aromatic heterocycles. The zero-order valence-electron chi connectivity index (χ0n) is 10.8. The van der Waals surface area contributed by atoms with Crippen LogP contribution in [0.15, 0.2) is 29.2 Å². The van der Waals surface area contributed by atoms with Crippen molar-refractivity contribution in [2.75, 3.05) is 19.1 Å². The maximum Gasteiger partial charge on any atom is 0.243 e. The average molecular weight is 291 g/mol. The molecule has 0 aliphatic rings. The van der Waals surface area contributed by atoms with Crippen LogP contribution in [0.5, 0.6) is 0 Å². The third-order valence-corrected chi connectivity index (χ3v) is 5.48. The molecular formula is C12H18FNO2S2. The van der Waals surface area contributed by atoms with Crippen LogP contribution >= 0.6 is 11.8 Å². The summed E-state index contributed by atoms with van der Waals surface area (Å²) in [7, 11) is -1.97. The largest absolute Gasteiger partial charge is 0.243 e. The van der Waals surface area contributed by atoms with E-state index in [1.54, 1.807) is 18.8 Å². The van der Waals surface area contributed by atoms with Crippen molar-refractivity contribution in [3.63, 3.8) is 0 Å². The molecule has 0 aliphatic carbocycles. The molecule has 0 bridgehead atoms. The Morgan fingerprint density at radius 3 is 2.39 bits per heavy atom. The zero-order chi connectivity index (χ0) is 13.8. The minimum Gasteiger partial charge on any atom is -0.207 e. The van der Waals surface area contributed by atoms with Crippen molar-refractivity contribution in [2.45, 2.75) is 24.3 Å². The molecule has 1 rings (SSSR count). The Balaban J connectivity index is 2.89. The van der Waals surface area contributed by atoms with Crippen molar-refractivity contribution in [1.82, 2.24) is 4.31 Å². The van der Waals surface area contributed by atoms with E-state index >= 15 is 0 Å². The number of hydrogen-bond acceptors (Lipinski definition) is 3. The molecular weight excluding hydrogens is 273 g/mol. The van der Waals surface area contributed by atoms with Gasteiger partial charge in [0.05, 0.1) is 4.90 Å². The van der Waals surface area contributed by atoms with E-state index < -0.39 is 15.8 Å². The lowest BCUT2D eigenvalue weighted by molar-refractivity contribution is 0.382. The molecule has 18 heavy (non-hydrogen) atoms. The van der Waals surface area contributed by atoms with Gasteiger partial charge in [0.25, 0.3) is 0 Å². The summed E-state index contributed by atoms with van der Waals surface area (Å²) in [5.74, 6) is 0.469. The first-order valence-corrected chi connectivity index (χ1v) is 8.45. The standard InChI is InChI=1S/C12H18FNO2S2/c1-10(8-9-17-3)14(2)18(15,16)12-6-4-11(13)5-7-12/h4-7,10H,8-9H2,1-3H3. The van der Waals surface area contributed by atoms with Gasteiger partial charge in [0.2, 0.25) is 10.0 Å². The maximum absolute atomic E-state index is 12.8. The molecule has 0 heterocycles. The highest BCUT2D eigenvalue weighted by atomic mass is 32.2. The summed E-state index contributed by atoms with van der Waals surface area (Å²) in [5, 5.41) is 0. The second kappa shape index (κ2) is 6.54. The van der Waals surface area contributed by atoms with E-state index in [-0.39, 0.29) is 10.9 Å². The lowest BCUT2D eigenvalue weighted by Gasteiger charge is -2.24. The Kier molecular flexibility index (Phi) is 5.62. The number of thioether (sulfide) groups is 1. The molecule has 0 amide bonds. The Morgan fingerprint density at radius 2 is 1.89 bits per heavy atom. The molecule has 0 radical (unpaired) electrons. The number of rotatable bonds is 6.